The number of hydrogen-bond acceptors (Lipinski definition) is 6. The van der Waals surface area contributed by atoms with Gasteiger partial charge in [-0.3, -0.25) is 9.59 Å². The van der Waals surface area contributed by atoms with Crippen LogP contribution in [-0.2, 0) is 28.5 Å². The van der Waals surface area contributed by atoms with Crippen LogP contribution in [0, 0.1) is 5.92 Å². The van der Waals surface area contributed by atoms with E-state index in [1.54, 1.807) is 6.92 Å². The Hall–Kier alpha value is -1.76. The maximum absolute atomic E-state index is 12.3. The molecule has 2 aliphatic heterocycles. The lowest BCUT2D eigenvalue weighted by Gasteiger charge is -2.42. The summed E-state index contributed by atoms with van der Waals surface area (Å²) in [4.78, 5) is 23.9. The summed E-state index contributed by atoms with van der Waals surface area (Å²) in [6.07, 6.45) is -1.80. The fraction of sp³-hybridized carbons (Fsp3) is 0.529. The van der Waals surface area contributed by atoms with Crippen molar-refractivity contribution in [2.75, 3.05) is 13.7 Å². The Balaban J connectivity index is 1.67. The van der Waals surface area contributed by atoms with E-state index >= 15 is 0 Å². The normalized spacial score (nSPS) is 32.0. The maximum atomic E-state index is 12.3. The van der Waals surface area contributed by atoms with Crippen LogP contribution in [0.3, 0.4) is 0 Å². The fourth-order valence-electron chi connectivity index (χ4n) is 2.95. The van der Waals surface area contributed by atoms with Gasteiger partial charge in [-0.05, 0) is 6.92 Å². The Morgan fingerprint density at radius 1 is 1.22 bits per heavy atom. The minimum absolute atomic E-state index is 0.141. The lowest BCUT2D eigenvalue weighted by molar-refractivity contribution is -0.283. The Kier molecular flexibility index (Phi) is 4.75. The zero-order chi connectivity index (χ0) is 16.4. The van der Waals surface area contributed by atoms with Crippen molar-refractivity contribution in [3.05, 3.63) is 35.9 Å². The number of carbonyl (C=O) groups excluding carboxylic acids is 2. The molecular weight excluding hydrogens is 300 g/mol. The van der Waals surface area contributed by atoms with Crippen molar-refractivity contribution in [3.8, 4) is 0 Å². The van der Waals surface area contributed by atoms with Gasteiger partial charge >= 0.3 is 5.97 Å². The zero-order valence-corrected chi connectivity index (χ0v) is 13.1. The second-order valence-corrected chi connectivity index (χ2v) is 5.83. The number of esters is 1. The minimum atomic E-state index is -0.802. The molecule has 0 aliphatic carbocycles. The molecule has 2 aliphatic rings. The van der Waals surface area contributed by atoms with Crippen LogP contribution >= 0.6 is 0 Å². The summed E-state index contributed by atoms with van der Waals surface area (Å²) < 4.78 is 22.0. The zero-order valence-electron chi connectivity index (χ0n) is 13.1. The van der Waals surface area contributed by atoms with Crippen molar-refractivity contribution in [3.63, 3.8) is 0 Å². The van der Waals surface area contributed by atoms with Gasteiger partial charge in [0.2, 0.25) is 0 Å². The van der Waals surface area contributed by atoms with Crippen molar-refractivity contribution in [2.45, 2.75) is 37.9 Å². The summed E-state index contributed by atoms with van der Waals surface area (Å²) >= 11 is 0. The third-order valence-electron chi connectivity index (χ3n) is 4.26. The predicted octanol–water partition coefficient (Wildman–Crippen LogP) is 1.64. The van der Waals surface area contributed by atoms with E-state index in [0.717, 1.165) is 5.56 Å². The molecule has 0 saturated carbocycles. The quantitative estimate of drug-likeness (QED) is 0.789. The Morgan fingerprint density at radius 2 is 1.96 bits per heavy atom. The van der Waals surface area contributed by atoms with Gasteiger partial charge in [0, 0.05) is 12.0 Å². The molecule has 2 saturated heterocycles. The molecule has 0 amide bonds. The second-order valence-electron chi connectivity index (χ2n) is 5.83. The molecule has 6 heteroatoms. The number of methoxy groups -OCH3 is 1. The van der Waals surface area contributed by atoms with Crippen LogP contribution in [0.4, 0.5) is 0 Å². The van der Waals surface area contributed by atoms with Gasteiger partial charge in [0.05, 0.1) is 25.7 Å². The van der Waals surface area contributed by atoms with E-state index in [2.05, 4.69) is 0 Å². The van der Waals surface area contributed by atoms with E-state index in [0.29, 0.717) is 6.61 Å². The first-order valence-corrected chi connectivity index (χ1v) is 7.68. The molecule has 0 N–H and O–H groups in total. The standard InChI is InChI=1S/C17H20O6/c1-10(16(19)20-2)15-12(18)8-13-14(22-15)9-21-17(23-13)11-6-4-3-5-7-11/h3-7,10,13-15,17H,8-9H2,1-2H3/t10-,13+,14-,15+,17-/m1/s1. The molecule has 1 aromatic rings. The second kappa shape index (κ2) is 6.78. The molecule has 0 unspecified atom stereocenters. The van der Waals surface area contributed by atoms with E-state index in [1.165, 1.54) is 7.11 Å². The summed E-state index contributed by atoms with van der Waals surface area (Å²) in [6, 6.07) is 9.56. The van der Waals surface area contributed by atoms with Crippen LogP contribution in [0.15, 0.2) is 30.3 Å². The van der Waals surface area contributed by atoms with E-state index in [1.807, 2.05) is 30.3 Å². The third kappa shape index (κ3) is 3.29. The molecule has 3 rings (SSSR count). The first-order chi connectivity index (χ1) is 11.1. The van der Waals surface area contributed by atoms with E-state index in [9.17, 15) is 9.59 Å². The predicted molar refractivity (Wildman–Crippen MR) is 79.5 cm³/mol. The topological polar surface area (TPSA) is 71.1 Å². The number of carbonyl (C=O) groups is 2. The fourth-order valence-corrected chi connectivity index (χ4v) is 2.95. The largest absolute Gasteiger partial charge is 0.469 e. The van der Waals surface area contributed by atoms with Gasteiger partial charge in [-0.2, -0.15) is 0 Å². The van der Waals surface area contributed by atoms with Crippen molar-refractivity contribution in [2.24, 2.45) is 5.92 Å². The number of fused-ring (bicyclic) bond motifs is 1. The van der Waals surface area contributed by atoms with Gasteiger partial charge in [-0.15, -0.1) is 0 Å². The maximum Gasteiger partial charge on any atom is 0.311 e. The Morgan fingerprint density at radius 3 is 2.65 bits per heavy atom. The molecule has 0 aromatic heterocycles. The van der Waals surface area contributed by atoms with Crippen LogP contribution in [0.25, 0.3) is 0 Å². The summed E-state index contributed by atoms with van der Waals surface area (Å²) in [5, 5.41) is 0. The molecular formula is C17H20O6. The number of Topliss-reactive ketones (excluding diaryl/α,β-unsaturated/α-hetero) is 1. The smallest absolute Gasteiger partial charge is 0.311 e. The van der Waals surface area contributed by atoms with Gasteiger partial charge in [-0.25, -0.2) is 0 Å². The number of benzene rings is 1. The van der Waals surface area contributed by atoms with E-state index < -0.39 is 24.3 Å². The number of ether oxygens (including phenoxy) is 4. The molecule has 2 fully saturated rings. The lowest BCUT2D eigenvalue weighted by atomic mass is 9.92. The highest BCUT2D eigenvalue weighted by Gasteiger charge is 2.45. The van der Waals surface area contributed by atoms with Crippen LogP contribution in [-0.4, -0.2) is 43.8 Å². The molecule has 1 aromatic carbocycles. The van der Waals surface area contributed by atoms with Crippen molar-refractivity contribution in [1.82, 2.24) is 0 Å². The van der Waals surface area contributed by atoms with Crippen molar-refractivity contribution >= 4 is 11.8 Å². The molecule has 0 radical (unpaired) electrons. The average Bonchev–Trinajstić information content (AvgIpc) is 2.60. The molecule has 5 atom stereocenters. The summed E-state index contributed by atoms with van der Waals surface area (Å²) in [6.45, 7) is 1.95. The van der Waals surface area contributed by atoms with Gasteiger partial charge in [0.15, 0.2) is 12.1 Å². The van der Waals surface area contributed by atoms with Gasteiger partial charge < -0.3 is 18.9 Å². The number of hydrogen-bond donors (Lipinski definition) is 0. The molecule has 0 bridgehead atoms. The van der Waals surface area contributed by atoms with Crippen molar-refractivity contribution in [1.29, 1.82) is 0 Å². The average molecular weight is 320 g/mol. The van der Waals surface area contributed by atoms with E-state index in [-0.39, 0.29) is 24.4 Å². The summed E-state index contributed by atoms with van der Waals surface area (Å²) in [7, 11) is 1.30. The molecule has 6 nitrogen and oxygen atoms in total. The highest BCUT2D eigenvalue weighted by molar-refractivity contribution is 5.89. The van der Waals surface area contributed by atoms with Crippen LogP contribution in [0.5, 0.6) is 0 Å². The van der Waals surface area contributed by atoms with Gasteiger partial charge in [-0.1, -0.05) is 30.3 Å². The third-order valence-corrected chi connectivity index (χ3v) is 4.26. The summed E-state index contributed by atoms with van der Waals surface area (Å²) in [5.74, 6) is -1.24. The molecule has 23 heavy (non-hydrogen) atoms. The first-order valence-electron chi connectivity index (χ1n) is 7.68. The van der Waals surface area contributed by atoms with Gasteiger partial charge in [0.25, 0.3) is 0 Å². The van der Waals surface area contributed by atoms with E-state index in [4.69, 9.17) is 18.9 Å². The SMILES string of the molecule is COC(=O)[C@H](C)[C@@H]1O[C@@H]2CO[C@@H](c3ccccc3)O[C@H]2CC1=O. The highest BCUT2D eigenvalue weighted by Crippen LogP contribution is 2.34. The highest BCUT2D eigenvalue weighted by atomic mass is 16.7. The number of ketones is 1. The molecule has 2 heterocycles. The van der Waals surface area contributed by atoms with Crippen LogP contribution < -0.4 is 0 Å². The minimum Gasteiger partial charge on any atom is -0.469 e. The monoisotopic (exact) mass is 320 g/mol. The van der Waals surface area contributed by atoms with Crippen LogP contribution in [0.1, 0.15) is 25.2 Å². The Bertz CT molecular complexity index is 572. The van der Waals surface area contributed by atoms with Gasteiger partial charge in [0.1, 0.15) is 12.2 Å². The van der Waals surface area contributed by atoms with Crippen LogP contribution in [0.2, 0.25) is 0 Å². The molecule has 124 valence electrons. The lowest BCUT2D eigenvalue weighted by Crippen LogP contribution is -2.54. The first kappa shape index (κ1) is 16.1. The number of rotatable bonds is 3. The van der Waals surface area contributed by atoms with Crippen molar-refractivity contribution < 1.29 is 28.5 Å². The summed E-state index contributed by atoms with van der Waals surface area (Å²) in [5.41, 5.74) is 0.906. The molecule has 0 spiro atoms. The Labute approximate surface area is 134 Å².